The van der Waals surface area contributed by atoms with Gasteiger partial charge >= 0.3 is 0 Å². The van der Waals surface area contributed by atoms with Crippen LogP contribution in [0.1, 0.15) is 48.0 Å². The summed E-state index contributed by atoms with van der Waals surface area (Å²) in [6.07, 6.45) is 1.63. The predicted molar refractivity (Wildman–Crippen MR) is 61.3 cm³/mol. The summed E-state index contributed by atoms with van der Waals surface area (Å²) in [5, 5.41) is 0. The van der Waals surface area contributed by atoms with Gasteiger partial charge < -0.3 is 4.74 Å². The molecule has 1 saturated carbocycles. The van der Waals surface area contributed by atoms with E-state index in [1.165, 1.54) is 6.42 Å². The van der Waals surface area contributed by atoms with E-state index in [1.807, 2.05) is 7.11 Å². The topological polar surface area (TPSA) is 9.23 Å². The van der Waals surface area contributed by atoms with Gasteiger partial charge in [-0.2, -0.15) is 0 Å². The minimum atomic E-state index is 0.287. The molecule has 1 heteroatoms. The number of hydrogen-bond donors (Lipinski definition) is 0. The molecule has 0 heterocycles. The summed E-state index contributed by atoms with van der Waals surface area (Å²) in [7, 11) is 1.85. The highest BCUT2D eigenvalue weighted by Gasteiger charge is 2.57. The fraction of sp³-hybridized carbons (Fsp3) is 1.00. The first-order chi connectivity index (χ1) is 6.28. The van der Waals surface area contributed by atoms with Gasteiger partial charge in [-0.1, -0.05) is 41.5 Å². The van der Waals surface area contributed by atoms with E-state index in [1.54, 1.807) is 0 Å². The van der Waals surface area contributed by atoms with Crippen LogP contribution in [0.5, 0.6) is 0 Å². The van der Waals surface area contributed by atoms with Gasteiger partial charge in [0, 0.05) is 7.11 Å². The van der Waals surface area contributed by atoms with E-state index in [2.05, 4.69) is 41.5 Å². The molecule has 0 spiro atoms. The lowest BCUT2D eigenvalue weighted by atomic mass is 9.59. The van der Waals surface area contributed by atoms with Gasteiger partial charge in [-0.3, -0.25) is 0 Å². The first-order valence-corrected chi connectivity index (χ1v) is 5.81. The van der Waals surface area contributed by atoms with Gasteiger partial charge in [-0.25, -0.2) is 0 Å². The Morgan fingerprint density at radius 2 is 1.71 bits per heavy atom. The highest BCUT2D eigenvalue weighted by molar-refractivity contribution is 5.05. The van der Waals surface area contributed by atoms with Crippen LogP contribution in [-0.4, -0.2) is 13.2 Å². The Labute approximate surface area is 89.2 Å². The highest BCUT2D eigenvalue weighted by atomic mass is 16.5. The lowest BCUT2D eigenvalue weighted by Crippen LogP contribution is -2.43. The Morgan fingerprint density at radius 1 is 1.21 bits per heavy atom. The Morgan fingerprint density at radius 3 is 1.93 bits per heavy atom. The van der Waals surface area contributed by atoms with Crippen LogP contribution in [0.3, 0.4) is 0 Å². The molecule has 0 aliphatic heterocycles. The molecule has 0 aromatic carbocycles. The van der Waals surface area contributed by atoms with Crippen LogP contribution in [-0.2, 0) is 4.74 Å². The summed E-state index contributed by atoms with van der Waals surface area (Å²) in [4.78, 5) is 0. The van der Waals surface area contributed by atoms with E-state index >= 15 is 0 Å². The van der Waals surface area contributed by atoms with Crippen LogP contribution in [0.2, 0.25) is 0 Å². The fourth-order valence-electron chi connectivity index (χ4n) is 3.55. The van der Waals surface area contributed by atoms with Gasteiger partial charge in [-0.15, -0.1) is 0 Å². The highest BCUT2D eigenvalue weighted by Crippen LogP contribution is 2.60. The smallest absolute Gasteiger partial charge is 0.0630 e. The van der Waals surface area contributed by atoms with Crippen molar-refractivity contribution in [3.63, 3.8) is 0 Å². The van der Waals surface area contributed by atoms with Gasteiger partial charge in [0.15, 0.2) is 0 Å². The quantitative estimate of drug-likeness (QED) is 0.657. The second-order valence-electron chi connectivity index (χ2n) is 6.02. The molecule has 0 aromatic heterocycles. The second-order valence-corrected chi connectivity index (χ2v) is 6.02. The molecule has 84 valence electrons. The van der Waals surface area contributed by atoms with Crippen LogP contribution in [0.4, 0.5) is 0 Å². The Balaban J connectivity index is 3.06. The van der Waals surface area contributed by atoms with Gasteiger partial charge in [-0.05, 0) is 29.1 Å². The maximum Gasteiger partial charge on any atom is 0.0630 e. The maximum absolute atomic E-state index is 5.64. The number of rotatable bonds is 2. The minimum Gasteiger partial charge on any atom is -0.381 e. The summed E-state index contributed by atoms with van der Waals surface area (Å²) in [5.74, 6) is 1.47. The SMILES string of the molecule is COC1CC(C)C(C)(C(C)C)C1(C)C. The number of methoxy groups -OCH3 is 1. The van der Waals surface area contributed by atoms with Crippen molar-refractivity contribution >= 4 is 0 Å². The fourth-order valence-corrected chi connectivity index (χ4v) is 3.55. The van der Waals surface area contributed by atoms with Crippen molar-refractivity contribution in [3.8, 4) is 0 Å². The molecule has 0 amide bonds. The van der Waals surface area contributed by atoms with E-state index in [4.69, 9.17) is 4.74 Å². The molecule has 0 N–H and O–H groups in total. The molecule has 1 aliphatic rings. The van der Waals surface area contributed by atoms with E-state index in [0.717, 1.165) is 5.92 Å². The molecule has 0 radical (unpaired) electrons. The van der Waals surface area contributed by atoms with Crippen molar-refractivity contribution in [3.05, 3.63) is 0 Å². The van der Waals surface area contributed by atoms with Gasteiger partial charge in [0.05, 0.1) is 6.10 Å². The Hall–Kier alpha value is -0.0400. The zero-order chi connectivity index (χ0) is 11.1. The summed E-state index contributed by atoms with van der Waals surface area (Å²) in [6, 6.07) is 0. The molecule has 3 atom stereocenters. The molecule has 3 unspecified atom stereocenters. The molecular formula is C13H26O. The molecule has 1 aliphatic carbocycles. The second kappa shape index (κ2) is 3.52. The first-order valence-electron chi connectivity index (χ1n) is 5.81. The van der Waals surface area contributed by atoms with Crippen molar-refractivity contribution < 1.29 is 4.74 Å². The number of hydrogen-bond acceptors (Lipinski definition) is 1. The van der Waals surface area contributed by atoms with Crippen LogP contribution >= 0.6 is 0 Å². The Kier molecular flexibility index (Phi) is 3.02. The van der Waals surface area contributed by atoms with E-state index in [-0.39, 0.29) is 5.41 Å². The molecule has 1 fully saturated rings. The van der Waals surface area contributed by atoms with E-state index in [0.29, 0.717) is 17.4 Å². The van der Waals surface area contributed by atoms with E-state index in [9.17, 15) is 0 Å². The lowest BCUT2D eigenvalue weighted by Gasteiger charge is -2.46. The third-order valence-electron chi connectivity index (χ3n) is 5.27. The minimum absolute atomic E-state index is 0.287. The van der Waals surface area contributed by atoms with Crippen molar-refractivity contribution in [2.45, 2.75) is 54.1 Å². The van der Waals surface area contributed by atoms with E-state index < -0.39 is 0 Å². The molecule has 1 nitrogen and oxygen atoms in total. The largest absolute Gasteiger partial charge is 0.381 e. The molecular weight excluding hydrogens is 172 g/mol. The van der Waals surface area contributed by atoms with Crippen molar-refractivity contribution in [2.75, 3.05) is 7.11 Å². The molecule has 14 heavy (non-hydrogen) atoms. The normalized spacial score (nSPS) is 42.0. The first kappa shape index (κ1) is 12.0. The summed E-state index contributed by atoms with van der Waals surface area (Å²) in [5.41, 5.74) is 0.684. The van der Waals surface area contributed by atoms with Crippen molar-refractivity contribution in [2.24, 2.45) is 22.7 Å². The molecule has 0 aromatic rings. The van der Waals surface area contributed by atoms with Crippen LogP contribution in [0.15, 0.2) is 0 Å². The molecule has 0 saturated heterocycles. The van der Waals surface area contributed by atoms with Crippen molar-refractivity contribution in [1.29, 1.82) is 0 Å². The zero-order valence-corrected chi connectivity index (χ0v) is 10.8. The summed E-state index contributed by atoms with van der Waals surface area (Å²) in [6.45, 7) is 14.2. The van der Waals surface area contributed by atoms with Gasteiger partial charge in [0.1, 0.15) is 0 Å². The van der Waals surface area contributed by atoms with Crippen LogP contribution in [0, 0.1) is 22.7 Å². The summed E-state index contributed by atoms with van der Waals surface area (Å²) >= 11 is 0. The maximum atomic E-state index is 5.64. The third-order valence-corrected chi connectivity index (χ3v) is 5.27. The average molecular weight is 198 g/mol. The van der Waals surface area contributed by atoms with Crippen LogP contribution < -0.4 is 0 Å². The zero-order valence-electron chi connectivity index (χ0n) is 10.8. The van der Waals surface area contributed by atoms with Gasteiger partial charge in [0.2, 0.25) is 0 Å². The van der Waals surface area contributed by atoms with Crippen molar-refractivity contribution in [1.82, 2.24) is 0 Å². The standard InChI is InChI=1S/C13H26O/c1-9(2)13(6)10(3)8-11(14-7)12(13,4)5/h9-11H,8H2,1-7H3. The van der Waals surface area contributed by atoms with Gasteiger partial charge in [0.25, 0.3) is 0 Å². The third kappa shape index (κ3) is 1.32. The lowest BCUT2D eigenvalue weighted by molar-refractivity contribution is -0.0442. The summed E-state index contributed by atoms with van der Waals surface area (Å²) < 4.78 is 5.64. The average Bonchev–Trinajstić information content (AvgIpc) is 2.26. The molecule has 1 rings (SSSR count). The van der Waals surface area contributed by atoms with Crippen LogP contribution in [0.25, 0.3) is 0 Å². The predicted octanol–water partition coefficient (Wildman–Crippen LogP) is 3.73. The number of ether oxygens (including phenoxy) is 1. The Bertz CT molecular complexity index is 207. The monoisotopic (exact) mass is 198 g/mol. The molecule has 0 bridgehead atoms.